The van der Waals surface area contributed by atoms with Crippen LogP contribution in [-0.2, 0) is 0 Å². The fourth-order valence-electron chi connectivity index (χ4n) is 1.46. The van der Waals surface area contributed by atoms with Crippen molar-refractivity contribution in [2.45, 2.75) is 6.92 Å². The van der Waals surface area contributed by atoms with Gasteiger partial charge in [0.15, 0.2) is 5.76 Å². The Morgan fingerprint density at radius 1 is 1.53 bits per heavy atom. The Morgan fingerprint density at radius 3 is 2.82 bits per heavy atom. The summed E-state index contributed by atoms with van der Waals surface area (Å²) in [4.78, 5) is 11.1. The van der Waals surface area contributed by atoms with E-state index in [1.165, 1.54) is 0 Å². The maximum absolute atomic E-state index is 11.1. The van der Waals surface area contributed by atoms with Gasteiger partial charge in [0.25, 0.3) is 0 Å². The molecule has 1 aromatic heterocycles. The molecule has 6 heteroatoms. The molecule has 0 saturated heterocycles. The highest BCUT2D eigenvalue weighted by molar-refractivity contribution is 9.10. The van der Waals surface area contributed by atoms with Crippen LogP contribution in [0.4, 0.5) is 0 Å². The monoisotopic (exact) mass is 315 g/mol. The van der Waals surface area contributed by atoms with Crippen molar-refractivity contribution in [1.82, 2.24) is 5.16 Å². The van der Waals surface area contributed by atoms with Gasteiger partial charge in [0.1, 0.15) is 5.56 Å². The van der Waals surface area contributed by atoms with Crippen LogP contribution in [0.3, 0.4) is 0 Å². The number of aryl methyl sites for hydroxylation is 1. The Bertz CT molecular complexity index is 594. The smallest absolute Gasteiger partial charge is 0.341 e. The van der Waals surface area contributed by atoms with Gasteiger partial charge in [-0.1, -0.05) is 16.8 Å². The summed E-state index contributed by atoms with van der Waals surface area (Å²) in [5.74, 6) is -0.859. The molecular weight excluding hydrogens is 309 g/mol. The summed E-state index contributed by atoms with van der Waals surface area (Å²) in [6, 6.07) is 5.06. The molecule has 0 radical (unpaired) electrons. The summed E-state index contributed by atoms with van der Waals surface area (Å²) in [6.07, 6.45) is 0. The summed E-state index contributed by atoms with van der Waals surface area (Å²) < 4.78 is 5.77. The van der Waals surface area contributed by atoms with Gasteiger partial charge < -0.3 is 9.63 Å². The second kappa shape index (κ2) is 4.50. The number of aromatic carboxylic acids is 1. The average molecular weight is 317 g/mol. The van der Waals surface area contributed by atoms with E-state index >= 15 is 0 Å². The van der Waals surface area contributed by atoms with Crippen molar-refractivity contribution in [3.8, 4) is 11.3 Å². The molecule has 0 saturated carbocycles. The molecule has 0 aliphatic carbocycles. The van der Waals surface area contributed by atoms with Crippen LogP contribution in [0.2, 0.25) is 5.02 Å². The highest BCUT2D eigenvalue weighted by atomic mass is 79.9. The summed E-state index contributed by atoms with van der Waals surface area (Å²) in [7, 11) is 0. The van der Waals surface area contributed by atoms with E-state index in [9.17, 15) is 4.79 Å². The van der Waals surface area contributed by atoms with Crippen LogP contribution < -0.4 is 0 Å². The van der Waals surface area contributed by atoms with E-state index in [0.717, 1.165) is 4.47 Å². The lowest BCUT2D eigenvalue weighted by molar-refractivity contribution is 0.0696. The van der Waals surface area contributed by atoms with Crippen molar-refractivity contribution in [3.63, 3.8) is 0 Å². The number of carboxylic acid groups (broad SMARTS) is 1. The molecule has 0 aliphatic rings. The van der Waals surface area contributed by atoms with Gasteiger partial charge >= 0.3 is 5.97 Å². The molecule has 88 valence electrons. The first-order valence-corrected chi connectivity index (χ1v) is 5.82. The maximum atomic E-state index is 11.1. The Labute approximate surface area is 110 Å². The Morgan fingerprint density at radius 2 is 2.24 bits per heavy atom. The van der Waals surface area contributed by atoms with Gasteiger partial charge in [0.2, 0.25) is 0 Å². The quantitative estimate of drug-likeness (QED) is 0.916. The number of nitrogens with zero attached hydrogens (tertiary/aromatic N) is 1. The lowest BCUT2D eigenvalue weighted by Gasteiger charge is -2.00. The Kier molecular flexibility index (Phi) is 3.22. The number of hydrogen-bond acceptors (Lipinski definition) is 3. The van der Waals surface area contributed by atoms with E-state index in [-0.39, 0.29) is 11.3 Å². The van der Waals surface area contributed by atoms with Crippen molar-refractivity contribution in [2.75, 3.05) is 0 Å². The van der Waals surface area contributed by atoms with Crippen molar-refractivity contribution in [1.29, 1.82) is 0 Å². The summed E-state index contributed by atoms with van der Waals surface area (Å²) in [5.41, 5.74) is 0.978. The third-order valence-electron chi connectivity index (χ3n) is 2.26. The summed E-state index contributed by atoms with van der Waals surface area (Å²) in [5, 5.41) is 13.2. The fourth-order valence-corrected chi connectivity index (χ4v) is 1.88. The number of carboxylic acids is 1. The number of aromatic nitrogens is 1. The second-order valence-corrected chi connectivity index (χ2v) is 4.67. The maximum Gasteiger partial charge on any atom is 0.341 e. The number of halogens is 2. The van der Waals surface area contributed by atoms with Crippen LogP contribution >= 0.6 is 27.5 Å². The molecule has 17 heavy (non-hydrogen) atoms. The minimum Gasteiger partial charge on any atom is -0.477 e. The minimum atomic E-state index is -1.07. The zero-order valence-corrected chi connectivity index (χ0v) is 11.0. The molecule has 2 aromatic rings. The van der Waals surface area contributed by atoms with E-state index in [1.54, 1.807) is 25.1 Å². The molecule has 1 heterocycles. The van der Waals surface area contributed by atoms with Crippen molar-refractivity contribution >= 4 is 33.5 Å². The van der Waals surface area contributed by atoms with Crippen molar-refractivity contribution in [2.24, 2.45) is 0 Å². The normalized spacial score (nSPS) is 10.5. The van der Waals surface area contributed by atoms with Crippen molar-refractivity contribution < 1.29 is 14.4 Å². The number of hydrogen-bond donors (Lipinski definition) is 1. The van der Waals surface area contributed by atoms with E-state index in [4.69, 9.17) is 21.2 Å². The zero-order valence-electron chi connectivity index (χ0n) is 8.70. The predicted octanol–water partition coefficient (Wildman–Crippen LogP) is 3.76. The van der Waals surface area contributed by atoms with Gasteiger partial charge in [-0.2, -0.15) is 0 Å². The Balaban J connectivity index is 2.60. The molecule has 0 spiro atoms. The van der Waals surface area contributed by atoms with Crippen LogP contribution in [0.5, 0.6) is 0 Å². The standard InChI is InChI=1S/C11H7BrClNO3/c1-5-9(11(15)16)10(17-14-5)6-2-3-7(12)8(13)4-6/h2-4H,1H3,(H,15,16). The summed E-state index contributed by atoms with van der Waals surface area (Å²) >= 11 is 9.21. The van der Waals surface area contributed by atoms with Crippen LogP contribution in [0.15, 0.2) is 27.2 Å². The molecule has 2 rings (SSSR count). The molecule has 0 amide bonds. The van der Waals surface area contributed by atoms with Gasteiger partial charge in [-0.25, -0.2) is 4.79 Å². The van der Waals surface area contributed by atoms with Crippen LogP contribution in [0.1, 0.15) is 16.1 Å². The second-order valence-electron chi connectivity index (χ2n) is 3.41. The molecule has 0 fully saturated rings. The molecule has 0 unspecified atom stereocenters. The first-order valence-electron chi connectivity index (χ1n) is 4.65. The van der Waals surface area contributed by atoms with E-state index in [1.807, 2.05) is 0 Å². The topological polar surface area (TPSA) is 63.3 Å². The minimum absolute atomic E-state index is 0.0587. The summed E-state index contributed by atoms with van der Waals surface area (Å²) in [6.45, 7) is 1.58. The fraction of sp³-hybridized carbons (Fsp3) is 0.0909. The van der Waals surface area contributed by atoms with Crippen LogP contribution in [-0.4, -0.2) is 16.2 Å². The van der Waals surface area contributed by atoms with Gasteiger partial charge in [0.05, 0.1) is 10.7 Å². The SMILES string of the molecule is Cc1noc(-c2ccc(Br)c(Cl)c2)c1C(=O)O. The largest absolute Gasteiger partial charge is 0.477 e. The highest BCUT2D eigenvalue weighted by Crippen LogP contribution is 2.31. The molecule has 0 atom stereocenters. The van der Waals surface area contributed by atoms with Gasteiger partial charge in [-0.3, -0.25) is 0 Å². The van der Waals surface area contributed by atoms with Crippen molar-refractivity contribution in [3.05, 3.63) is 39.0 Å². The van der Waals surface area contributed by atoms with Gasteiger partial charge in [0, 0.05) is 10.0 Å². The van der Waals surface area contributed by atoms with Gasteiger partial charge in [-0.05, 0) is 41.1 Å². The number of rotatable bonds is 2. The van der Waals surface area contributed by atoms with E-state index < -0.39 is 5.97 Å². The van der Waals surface area contributed by atoms with Crippen LogP contribution in [0.25, 0.3) is 11.3 Å². The zero-order chi connectivity index (χ0) is 12.6. The molecule has 0 aliphatic heterocycles. The number of carbonyl (C=O) groups is 1. The highest BCUT2D eigenvalue weighted by Gasteiger charge is 2.21. The first kappa shape index (κ1) is 12.1. The lowest BCUT2D eigenvalue weighted by atomic mass is 10.1. The molecular formula is C11H7BrClNO3. The van der Waals surface area contributed by atoms with E-state index in [2.05, 4.69) is 21.1 Å². The van der Waals surface area contributed by atoms with E-state index in [0.29, 0.717) is 16.3 Å². The molecule has 1 aromatic carbocycles. The Hall–Kier alpha value is -1.33. The molecule has 1 N–H and O–H groups in total. The third kappa shape index (κ3) is 2.21. The lowest BCUT2D eigenvalue weighted by Crippen LogP contribution is -1.99. The van der Waals surface area contributed by atoms with Crippen LogP contribution in [0, 0.1) is 6.92 Å². The first-order chi connectivity index (χ1) is 8.00. The third-order valence-corrected chi connectivity index (χ3v) is 3.49. The molecule has 4 nitrogen and oxygen atoms in total. The molecule has 0 bridgehead atoms. The average Bonchev–Trinajstić information content (AvgIpc) is 2.64. The van der Waals surface area contributed by atoms with Gasteiger partial charge in [-0.15, -0.1) is 0 Å². The predicted molar refractivity (Wildman–Crippen MR) is 66.3 cm³/mol. The number of benzene rings is 1.